The lowest BCUT2D eigenvalue weighted by molar-refractivity contribution is 0.249. The number of anilines is 2. The highest BCUT2D eigenvalue weighted by molar-refractivity contribution is 7.92. The Labute approximate surface area is 226 Å². The first-order valence-corrected chi connectivity index (χ1v) is 13.9. The Morgan fingerprint density at radius 1 is 1.05 bits per heavy atom. The van der Waals surface area contributed by atoms with Crippen LogP contribution >= 0.6 is 23.2 Å². The number of urea groups is 1. The van der Waals surface area contributed by atoms with Crippen LogP contribution in [-0.2, 0) is 16.4 Å². The number of methoxy groups -OCH3 is 1. The first-order chi connectivity index (χ1) is 17.6. The van der Waals surface area contributed by atoms with Crippen molar-refractivity contribution in [3.63, 3.8) is 0 Å². The number of amides is 2. The van der Waals surface area contributed by atoms with Gasteiger partial charge < -0.3 is 20.7 Å². The molecule has 4 rings (SSSR count). The summed E-state index contributed by atoms with van der Waals surface area (Å²) in [6.07, 6.45) is 0.841. The van der Waals surface area contributed by atoms with E-state index in [1.165, 1.54) is 36.9 Å². The van der Waals surface area contributed by atoms with Crippen molar-refractivity contribution in [1.82, 2.24) is 10.6 Å². The number of sulfonamides is 1. The van der Waals surface area contributed by atoms with Gasteiger partial charge in [0.1, 0.15) is 10.8 Å². The Balaban J connectivity index is 1.39. The molecule has 1 heterocycles. The average Bonchev–Trinajstić information content (AvgIpc) is 2.85. The van der Waals surface area contributed by atoms with Gasteiger partial charge >= 0.3 is 6.03 Å². The van der Waals surface area contributed by atoms with Gasteiger partial charge in [0.05, 0.1) is 23.1 Å². The number of carbonyl (C=O) groups is 1. The first kappa shape index (κ1) is 27.1. The fourth-order valence-corrected chi connectivity index (χ4v) is 5.87. The second-order valence-electron chi connectivity index (χ2n) is 8.77. The van der Waals surface area contributed by atoms with Crippen LogP contribution in [0.5, 0.6) is 5.75 Å². The van der Waals surface area contributed by atoms with E-state index in [-0.39, 0.29) is 16.0 Å². The molecule has 4 N–H and O–H groups in total. The van der Waals surface area contributed by atoms with Crippen LogP contribution in [0.2, 0.25) is 10.0 Å². The van der Waals surface area contributed by atoms with Crippen molar-refractivity contribution in [3.8, 4) is 5.75 Å². The summed E-state index contributed by atoms with van der Waals surface area (Å²) >= 11 is 12.5. The zero-order valence-corrected chi connectivity index (χ0v) is 22.9. The van der Waals surface area contributed by atoms with Crippen LogP contribution in [0.15, 0.2) is 59.5 Å². The molecule has 0 spiro atoms. The van der Waals surface area contributed by atoms with Crippen molar-refractivity contribution in [1.29, 1.82) is 0 Å². The van der Waals surface area contributed by atoms with E-state index in [2.05, 4.69) is 27.6 Å². The van der Waals surface area contributed by atoms with Crippen molar-refractivity contribution in [2.24, 2.45) is 0 Å². The summed E-state index contributed by atoms with van der Waals surface area (Å²) in [6.45, 7) is 4.71. The number of nitrogens with one attached hydrogen (secondary N) is 4. The van der Waals surface area contributed by atoms with E-state index in [0.717, 1.165) is 18.5 Å². The summed E-state index contributed by atoms with van der Waals surface area (Å²) in [4.78, 5) is 12.6. The predicted octanol–water partition coefficient (Wildman–Crippen LogP) is 5.89. The van der Waals surface area contributed by atoms with Crippen molar-refractivity contribution in [3.05, 3.63) is 81.3 Å². The summed E-state index contributed by atoms with van der Waals surface area (Å²) in [6, 6.07) is 14.2. The molecule has 0 radical (unpaired) electrons. The molecular formula is C26H28Cl2N4O4S. The standard InChI is InChI=1S/C26H28Cl2N4O4S/c1-15-21-9-6-19(14-17(21)12-13-29-15)32-37(34,35)20-7-4-18(5-8-20)31-26(33)30-16(2)22-10-11-23(36-3)25(28)24(22)27/h4-11,14-16,29,32H,12-13H2,1-3H3,(H2,30,31,33)/t15?,16-/m0/s1. The van der Waals surface area contributed by atoms with Gasteiger partial charge in [-0.3, -0.25) is 4.72 Å². The zero-order valence-electron chi connectivity index (χ0n) is 20.6. The van der Waals surface area contributed by atoms with Gasteiger partial charge in [0.15, 0.2) is 0 Å². The lowest BCUT2D eigenvalue weighted by atomic mass is 9.95. The van der Waals surface area contributed by atoms with Gasteiger partial charge in [-0.2, -0.15) is 0 Å². The van der Waals surface area contributed by atoms with Gasteiger partial charge in [-0.05, 0) is 86.0 Å². The van der Waals surface area contributed by atoms with E-state index in [1.54, 1.807) is 25.1 Å². The van der Waals surface area contributed by atoms with Crippen LogP contribution in [0.4, 0.5) is 16.2 Å². The van der Waals surface area contributed by atoms with Crippen LogP contribution in [-0.4, -0.2) is 28.1 Å². The molecule has 2 amide bonds. The molecule has 0 saturated carbocycles. The molecule has 8 nitrogen and oxygen atoms in total. The Hall–Kier alpha value is -2.98. The van der Waals surface area contributed by atoms with E-state index >= 15 is 0 Å². The summed E-state index contributed by atoms with van der Waals surface area (Å²) in [5.74, 6) is 0.440. The second kappa shape index (κ2) is 11.2. The van der Waals surface area contributed by atoms with Crippen LogP contribution in [0.25, 0.3) is 0 Å². The maximum absolute atomic E-state index is 12.9. The smallest absolute Gasteiger partial charge is 0.319 e. The highest BCUT2D eigenvalue weighted by Gasteiger charge is 2.20. The molecule has 196 valence electrons. The normalized spacial score (nSPS) is 15.9. The molecule has 0 aliphatic carbocycles. The minimum atomic E-state index is -3.80. The Morgan fingerprint density at radius 3 is 2.46 bits per heavy atom. The summed E-state index contributed by atoms with van der Waals surface area (Å²) in [7, 11) is -2.31. The van der Waals surface area contributed by atoms with Crippen molar-refractivity contribution >= 4 is 50.6 Å². The second-order valence-corrected chi connectivity index (χ2v) is 11.2. The van der Waals surface area contributed by atoms with Gasteiger partial charge in [0.2, 0.25) is 0 Å². The number of rotatable bonds is 7. The maximum atomic E-state index is 12.9. The number of ether oxygens (including phenoxy) is 1. The lowest BCUT2D eigenvalue weighted by Gasteiger charge is -2.24. The monoisotopic (exact) mass is 562 g/mol. The van der Waals surface area contributed by atoms with Crippen molar-refractivity contribution in [2.45, 2.75) is 37.2 Å². The van der Waals surface area contributed by atoms with Crippen LogP contribution in [0.1, 0.15) is 42.6 Å². The van der Waals surface area contributed by atoms with E-state index in [9.17, 15) is 13.2 Å². The highest BCUT2D eigenvalue weighted by Crippen LogP contribution is 2.37. The van der Waals surface area contributed by atoms with Crippen molar-refractivity contribution < 1.29 is 17.9 Å². The zero-order chi connectivity index (χ0) is 26.7. The molecule has 0 fully saturated rings. The number of carbonyl (C=O) groups excluding carboxylic acids is 1. The molecule has 3 aromatic carbocycles. The number of hydrogen-bond donors (Lipinski definition) is 4. The summed E-state index contributed by atoms with van der Waals surface area (Å²) in [5.41, 5.74) is 3.88. The van der Waals surface area contributed by atoms with E-state index in [0.29, 0.717) is 27.7 Å². The van der Waals surface area contributed by atoms with Gasteiger partial charge in [-0.1, -0.05) is 35.3 Å². The lowest BCUT2D eigenvalue weighted by Crippen LogP contribution is -2.31. The molecule has 0 bridgehead atoms. The van der Waals surface area contributed by atoms with Gasteiger partial charge in [-0.15, -0.1) is 0 Å². The van der Waals surface area contributed by atoms with Gasteiger partial charge in [-0.25, -0.2) is 13.2 Å². The first-order valence-electron chi connectivity index (χ1n) is 11.7. The van der Waals surface area contributed by atoms with Crippen LogP contribution < -0.4 is 25.4 Å². The van der Waals surface area contributed by atoms with Crippen molar-refractivity contribution in [2.75, 3.05) is 23.7 Å². The Morgan fingerprint density at radius 2 is 1.76 bits per heavy atom. The third-order valence-corrected chi connectivity index (χ3v) is 8.52. The van der Waals surface area contributed by atoms with Gasteiger partial charge in [0.25, 0.3) is 10.0 Å². The predicted molar refractivity (Wildman–Crippen MR) is 147 cm³/mol. The third kappa shape index (κ3) is 6.13. The van der Waals surface area contributed by atoms with E-state index in [4.69, 9.17) is 27.9 Å². The fraction of sp³-hybridized carbons (Fsp3) is 0.269. The summed E-state index contributed by atoms with van der Waals surface area (Å²) < 4.78 is 33.6. The Kier molecular flexibility index (Phi) is 8.18. The maximum Gasteiger partial charge on any atom is 0.319 e. The molecular weight excluding hydrogens is 535 g/mol. The SMILES string of the molecule is COc1ccc([C@H](C)NC(=O)Nc2ccc(S(=O)(=O)Nc3ccc4c(c3)CCNC4C)cc2)c(Cl)c1Cl. The third-order valence-electron chi connectivity index (χ3n) is 6.24. The highest BCUT2D eigenvalue weighted by atomic mass is 35.5. The minimum absolute atomic E-state index is 0.0826. The van der Waals surface area contributed by atoms with Crippen LogP contribution in [0, 0.1) is 0 Å². The topological polar surface area (TPSA) is 109 Å². The average molecular weight is 564 g/mol. The molecule has 1 unspecified atom stereocenters. The molecule has 37 heavy (non-hydrogen) atoms. The van der Waals surface area contributed by atoms with E-state index in [1.807, 2.05) is 12.1 Å². The number of benzene rings is 3. The largest absolute Gasteiger partial charge is 0.495 e. The number of hydrogen-bond acceptors (Lipinski definition) is 5. The van der Waals surface area contributed by atoms with Crippen LogP contribution in [0.3, 0.4) is 0 Å². The number of fused-ring (bicyclic) bond motifs is 1. The Bertz CT molecular complexity index is 1410. The van der Waals surface area contributed by atoms with Gasteiger partial charge in [0, 0.05) is 17.4 Å². The number of halogens is 2. The quantitative estimate of drug-likeness (QED) is 0.287. The molecule has 1 aliphatic heterocycles. The molecule has 11 heteroatoms. The molecule has 3 aromatic rings. The minimum Gasteiger partial charge on any atom is -0.495 e. The van der Waals surface area contributed by atoms with E-state index < -0.39 is 22.1 Å². The molecule has 1 aliphatic rings. The molecule has 0 saturated heterocycles. The summed E-state index contributed by atoms with van der Waals surface area (Å²) in [5, 5.41) is 9.43. The molecule has 0 aromatic heterocycles. The molecule has 2 atom stereocenters. The fourth-order valence-electron chi connectivity index (χ4n) is 4.25.